The van der Waals surface area contributed by atoms with Gasteiger partial charge in [-0.25, -0.2) is 13.6 Å². The maximum atomic E-state index is 13.0. The molecule has 162 valence electrons. The van der Waals surface area contributed by atoms with E-state index in [0.717, 1.165) is 11.1 Å². The molecule has 0 amide bonds. The van der Waals surface area contributed by atoms with Gasteiger partial charge < -0.3 is 9.47 Å². The Balaban J connectivity index is 1.86. The summed E-state index contributed by atoms with van der Waals surface area (Å²) in [4.78, 5) is 0. The molecule has 0 saturated carbocycles. The maximum Gasteiger partial charge on any atom is 0.387 e. The van der Waals surface area contributed by atoms with Crippen LogP contribution in [-0.2, 0) is 16.4 Å². The van der Waals surface area contributed by atoms with Gasteiger partial charge in [0.2, 0.25) is 10.0 Å². The van der Waals surface area contributed by atoms with Gasteiger partial charge in [-0.3, -0.25) is 0 Å². The lowest BCUT2D eigenvalue weighted by molar-refractivity contribution is -0.0496. The zero-order chi connectivity index (χ0) is 22.2. The van der Waals surface area contributed by atoms with Gasteiger partial charge in [0, 0.05) is 10.6 Å². The first-order valence-electron chi connectivity index (χ1n) is 9.35. The minimum Gasteiger partial charge on any atom is -0.480 e. The molecule has 1 aliphatic heterocycles. The lowest BCUT2D eigenvalue weighted by Gasteiger charge is -2.31. The highest BCUT2D eigenvalue weighted by molar-refractivity contribution is 7.89. The molecule has 0 fully saturated rings. The molecule has 3 aromatic rings. The largest absolute Gasteiger partial charge is 0.480 e. The van der Waals surface area contributed by atoms with Gasteiger partial charge in [-0.2, -0.15) is 8.78 Å². The second-order valence-corrected chi connectivity index (χ2v) is 9.27. The van der Waals surface area contributed by atoms with Crippen LogP contribution in [0.1, 0.15) is 22.8 Å². The highest BCUT2D eigenvalue weighted by Gasteiger charge is 2.30. The zero-order valence-corrected chi connectivity index (χ0v) is 17.7. The van der Waals surface area contributed by atoms with Crippen molar-refractivity contribution in [3.63, 3.8) is 0 Å². The van der Waals surface area contributed by atoms with Crippen LogP contribution in [0.25, 0.3) is 11.1 Å². The molecule has 2 N–H and O–H groups in total. The topological polar surface area (TPSA) is 78.6 Å². The molecule has 1 heterocycles. The second-order valence-electron chi connectivity index (χ2n) is 7.10. The van der Waals surface area contributed by atoms with Crippen LogP contribution >= 0.6 is 11.6 Å². The summed E-state index contributed by atoms with van der Waals surface area (Å²) < 4.78 is 59.6. The Bertz CT molecular complexity index is 1230. The molecule has 0 radical (unpaired) electrons. The Kier molecular flexibility index (Phi) is 5.88. The third-order valence-corrected chi connectivity index (χ3v) is 5.95. The predicted octanol–water partition coefficient (Wildman–Crippen LogP) is 4.92. The van der Waals surface area contributed by atoms with Crippen LogP contribution < -0.4 is 14.6 Å². The third kappa shape index (κ3) is 4.81. The van der Waals surface area contributed by atoms with Crippen LogP contribution in [0.4, 0.5) is 8.78 Å². The summed E-state index contributed by atoms with van der Waals surface area (Å²) in [6.45, 7) is -2.99. The number of fused-ring (bicyclic) bond motifs is 3. The van der Waals surface area contributed by atoms with E-state index in [-0.39, 0.29) is 17.9 Å². The van der Waals surface area contributed by atoms with E-state index in [1.165, 1.54) is 6.07 Å². The second kappa shape index (κ2) is 8.45. The van der Waals surface area contributed by atoms with E-state index >= 15 is 0 Å². The van der Waals surface area contributed by atoms with Crippen molar-refractivity contribution in [2.24, 2.45) is 5.14 Å². The summed E-state index contributed by atoms with van der Waals surface area (Å²) in [5.41, 5.74) is 3.24. The number of hydrogen-bond acceptors (Lipinski definition) is 4. The first-order chi connectivity index (χ1) is 14.7. The summed E-state index contributed by atoms with van der Waals surface area (Å²) >= 11 is 6.17. The molecule has 0 bridgehead atoms. The van der Waals surface area contributed by atoms with Crippen LogP contribution in [0.2, 0.25) is 5.02 Å². The number of rotatable bonds is 6. The summed E-state index contributed by atoms with van der Waals surface area (Å²) in [5.74, 6) is 0.175. The lowest BCUT2D eigenvalue weighted by Crippen LogP contribution is -2.19. The number of alkyl halides is 2. The molecule has 0 aliphatic carbocycles. The van der Waals surface area contributed by atoms with Gasteiger partial charge in [-0.15, -0.1) is 0 Å². The van der Waals surface area contributed by atoms with Gasteiger partial charge in [0.05, 0.1) is 11.3 Å². The standard InChI is InChI=1S/C22H18ClF2NO4S/c23-15-4-1-3-14(12-15)21-17-11-13(9-10-31(26,27)28)7-8-16(17)20-18(29-21)5-2-6-19(20)30-22(24)25/h1-8,11-12,21-22H,9-10H2,(H2,26,27,28). The Morgan fingerprint density at radius 3 is 2.58 bits per heavy atom. The van der Waals surface area contributed by atoms with E-state index in [9.17, 15) is 17.2 Å². The Morgan fingerprint density at radius 1 is 1.10 bits per heavy atom. The van der Waals surface area contributed by atoms with E-state index in [2.05, 4.69) is 0 Å². The normalized spacial score (nSPS) is 15.2. The average molecular weight is 466 g/mol. The van der Waals surface area contributed by atoms with Gasteiger partial charge in [0.15, 0.2) is 0 Å². The van der Waals surface area contributed by atoms with Gasteiger partial charge in [-0.05, 0) is 47.4 Å². The van der Waals surface area contributed by atoms with Gasteiger partial charge in [0.1, 0.15) is 17.6 Å². The quantitative estimate of drug-likeness (QED) is 0.560. The molecular weight excluding hydrogens is 448 g/mol. The molecule has 1 aliphatic rings. The van der Waals surface area contributed by atoms with E-state index in [0.29, 0.717) is 27.5 Å². The van der Waals surface area contributed by atoms with E-state index in [4.69, 9.17) is 26.2 Å². The lowest BCUT2D eigenvalue weighted by atomic mass is 9.87. The maximum absolute atomic E-state index is 13.0. The average Bonchev–Trinajstić information content (AvgIpc) is 2.70. The Hall–Kier alpha value is -2.68. The summed E-state index contributed by atoms with van der Waals surface area (Å²) in [7, 11) is -3.64. The van der Waals surface area contributed by atoms with E-state index < -0.39 is 22.7 Å². The van der Waals surface area contributed by atoms with Crippen LogP contribution in [-0.4, -0.2) is 20.8 Å². The fourth-order valence-corrected chi connectivity index (χ4v) is 4.37. The Morgan fingerprint density at radius 2 is 1.87 bits per heavy atom. The Labute approximate surface area is 183 Å². The number of nitrogens with two attached hydrogens (primary N) is 1. The number of sulfonamides is 1. The van der Waals surface area contributed by atoms with Crippen LogP contribution in [0.5, 0.6) is 11.5 Å². The van der Waals surface area contributed by atoms with Crippen molar-refractivity contribution in [2.45, 2.75) is 19.1 Å². The molecule has 1 atom stereocenters. The first kappa shape index (κ1) is 21.5. The molecule has 4 rings (SSSR count). The van der Waals surface area contributed by atoms with Crippen molar-refractivity contribution in [3.8, 4) is 22.6 Å². The molecule has 5 nitrogen and oxygen atoms in total. The van der Waals surface area contributed by atoms with Gasteiger partial charge in [0.25, 0.3) is 0 Å². The fraction of sp³-hybridized carbons (Fsp3) is 0.182. The number of hydrogen-bond donors (Lipinski definition) is 1. The molecule has 3 aromatic carbocycles. The van der Waals surface area contributed by atoms with Crippen molar-refractivity contribution in [2.75, 3.05) is 5.75 Å². The highest BCUT2D eigenvalue weighted by Crippen LogP contribution is 2.49. The fourth-order valence-electron chi connectivity index (χ4n) is 3.65. The number of halogens is 3. The number of primary sulfonamides is 1. The van der Waals surface area contributed by atoms with Gasteiger partial charge in [-0.1, -0.05) is 48.0 Å². The molecular formula is C22H18ClF2NO4S. The molecule has 31 heavy (non-hydrogen) atoms. The predicted molar refractivity (Wildman–Crippen MR) is 114 cm³/mol. The molecule has 0 saturated heterocycles. The van der Waals surface area contributed by atoms with Gasteiger partial charge >= 0.3 is 6.61 Å². The number of aryl methyl sites for hydroxylation is 1. The monoisotopic (exact) mass is 465 g/mol. The third-order valence-electron chi connectivity index (χ3n) is 4.94. The smallest absolute Gasteiger partial charge is 0.387 e. The van der Waals surface area contributed by atoms with Crippen LogP contribution in [0, 0.1) is 0 Å². The highest BCUT2D eigenvalue weighted by atomic mass is 35.5. The van der Waals surface area contributed by atoms with Crippen molar-refractivity contribution in [1.82, 2.24) is 0 Å². The SMILES string of the molecule is NS(=O)(=O)CCc1ccc2c(c1)C(c1cccc(Cl)c1)Oc1cccc(OC(F)F)c1-2. The minimum absolute atomic E-state index is 0.00409. The van der Waals surface area contributed by atoms with Crippen LogP contribution in [0.3, 0.4) is 0 Å². The van der Waals surface area contributed by atoms with E-state index in [1.54, 1.807) is 48.5 Å². The van der Waals surface area contributed by atoms with Crippen molar-refractivity contribution in [1.29, 1.82) is 0 Å². The number of ether oxygens (including phenoxy) is 2. The minimum atomic E-state index is -3.64. The van der Waals surface area contributed by atoms with Crippen molar-refractivity contribution in [3.05, 3.63) is 82.4 Å². The van der Waals surface area contributed by atoms with Crippen molar-refractivity contribution >= 4 is 21.6 Å². The summed E-state index contributed by atoms with van der Waals surface area (Å²) in [6, 6.07) is 17.1. The first-order valence-corrected chi connectivity index (χ1v) is 11.4. The molecule has 0 spiro atoms. The number of benzene rings is 3. The van der Waals surface area contributed by atoms with Crippen LogP contribution in [0.15, 0.2) is 60.7 Å². The zero-order valence-electron chi connectivity index (χ0n) is 16.1. The summed E-state index contributed by atoms with van der Waals surface area (Å²) in [6.07, 6.45) is -0.367. The van der Waals surface area contributed by atoms with Crippen molar-refractivity contribution < 1.29 is 26.7 Å². The molecule has 0 aromatic heterocycles. The molecule has 9 heteroatoms. The summed E-state index contributed by atoms with van der Waals surface area (Å²) in [5, 5.41) is 5.65. The van der Waals surface area contributed by atoms with E-state index in [1.807, 2.05) is 6.07 Å². The molecule has 1 unspecified atom stereocenters.